The van der Waals surface area contributed by atoms with Crippen molar-refractivity contribution in [2.75, 3.05) is 11.9 Å². The summed E-state index contributed by atoms with van der Waals surface area (Å²) in [5.74, 6) is -0.113. The lowest BCUT2D eigenvalue weighted by molar-refractivity contribution is -0.129. The van der Waals surface area contributed by atoms with Crippen molar-refractivity contribution in [3.8, 4) is 0 Å². The number of nitrogens with zero attached hydrogens (tertiary/aromatic N) is 1. The number of anilines is 1. The number of carbonyl (C=O) groups is 2. The van der Waals surface area contributed by atoms with Crippen LogP contribution in [0.2, 0.25) is 0 Å². The van der Waals surface area contributed by atoms with Crippen LogP contribution in [0.1, 0.15) is 58.4 Å². The average Bonchev–Trinajstić information content (AvgIpc) is 3.16. The molecule has 0 aromatic heterocycles. The molecule has 0 spiro atoms. The number of hydrogen-bond donors (Lipinski definition) is 1. The smallest absolute Gasteiger partial charge is 0.229 e. The molecule has 1 saturated carbocycles. The van der Waals surface area contributed by atoms with Gasteiger partial charge in [0.25, 0.3) is 0 Å². The van der Waals surface area contributed by atoms with Gasteiger partial charge in [0, 0.05) is 24.7 Å². The van der Waals surface area contributed by atoms with Crippen molar-refractivity contribution in [1.29, 1.82) is 0 Å². The van der Waals surface area contributed by atoms with Crippen LogP contribution in [0.5, 0.6) is 0 Å². The predicted octanol–water partition coefficient (Wildman–Crippen LogP) is 3.71. The van der Waals surface area contributed by atoms with Gasteiger partial charge in [0.1, 0.15) is 0 Å². The van der Waals surface area contributed by atoms with E-state index in [1.165, 1.54) is 18.4 Å². The van der Waals surface area contributed by atoms with Gasteiger partial charge >= 0.3 is 0 Å². The highest BCUT2D eigenvalue weighted by atomic mass is 16.2. The molecule has 1 aliphatic heterocycles. The van der Waals surface area contributed by atoms with Crippen molar-refractivity contribution in [2.24, 2.45) is 5.92 Å². The van der Waals surface area contributed by atoms with E-state index in [0.29, 0.717) is 19.0 Å². The quantitative estimate of drug-likeness (QED) is 0.919. The second-order valence-corrected chi connectivity index (χ2v) is 8.20. The molecule has 0 radical (unpaired) electrons. The van der Waals surface area contributed by atoms with E-state index in [1.807, 2.05) is 17.0 Å². The van der Waals surface area contributed by atoms with Gasteiger partial charge in [0.05, 0.1) is 5.92 Å². The highest BCUT2D eigenvalue weighted by Crippen LogP contribution is 2.30. The van der Waals surface area contributed by atoms with Crippen LogP contribution in [-0.4, -0.2) is 29.3 Å². The Morgan fingerprint density at radius 2 is 1.75 bits per heavy atom. The lowest BCUT2D eigenvalue weighted by Crippen LogP contribution is -2.35. The second-order valence-electron chi connectivity index (χ2n) is 8.20. The van der Waals surface area contributed by atoms with Gasteiger partial charge in [-0.25, -0.2) is 0 Å². The van der Waals surface area contributed by atoms with E-state index in [2.05, 4.69) is 38.2 Å². The van der Waals surface area contributed by atoms with E-state index in [-0.39, 0.29) is 23.1 Å². The molecule has 4 nitrogen and oxygen atoms in total. The van der Waals surface area contributed by atoms with E-state index in [0.717, 1.165) is 18.5 Å². The fraction of sp³-hybridized carbons (Fsp3) is 0.600. The fourth-order valence-corrected chi connectivity index (χ4v) is 3.77. The third-order valence-electron chi connectivity index (χ3n) is 5.31. The molecule has 1 aliphatic carbocycles. The molecule has 2 fully saturated rings. The monoisotopic (exact) mass is 328 g/mol. The molecule has 1 atom stereocenters. The Labute approximate surface area is 144 Å². The summed E-state index contributed by atoms with van der Waals surface area (Å²) in [5, 5.41) is 2.98. The maximum absolute atomic E-state index is 12.5. The van der Waals surface area contributed by atoms with E-state index in [4.69, 9.17) is 0 Å². The molecule has 1 N–H and O–H groups in total. The maximum atomic E-state index is 12.5. The molecule has 1 aromatic carbocycles. The summed E-state index contributed by atoms with van der Waals surface area (Å²) in [5.41, 5.74) is 2.14. The molecule has 0 unspecified atom stereocenters. The Balaban J connectivity index is 1.60. The summed E-state index contributed by atoms with van der Waals surface area (Å²) >= 11 is 0. The van der Waals surface area contributed by atoms with E-state index >= 15 is 0 Å². The summed E-state index contributed by atoms with van der Waals surface area (Å²) in [6.07, 6.45) is 4.93. The second kappa shape index (κ2) is 6.58. The number of nitrogens with one attached hydrogen (secondary N) is 1. The molecule has 1 saturated heterocycles. The van der Waals surface area contributed by atoms with Gasteiger partial charge in [-0.2, -0.15) is 0 Å². The SMILES string of the molecule is CC(C)(C)c1ccc(NC(=O)[C@@H]2CC(=O)N(C3CCCC3)C2)cc1. The molecule has 3 rings (SSSR count). The summed E-state index contributed by atoms with van der Waals surface area (Å²) in [7, 11) is 0. The fourth-order valence-electron chi connectivity index (χ4n) is 3.77. The van der Waals surface area contributed by atoms with Gasteiger partial charge in [-0.1, -0.05) is 45.7 Å². The lowest BCUT2D eigenvalue weighted by Gasteiger charge is -2.24. The summed E-state index contributed by atoms with van der Waals surface area (Å²) in [4.78, 5) is 26.7. The third kappa shape index (κ3) is 3.63. The maximum Gasteiger partial charge on any atom is 0.229 e. The van der Waals surface area contributed by atoms with Crippen molar-refractivity contribution in [3.05, 3.63) is 29.8 Å². The summed E-state index contributed by atoms with van der Waals surface area (Å²) in [6.45, 7) is 7.09. The molecule has 0 bridgehead atoms. The molecule has 4 heteroatoms. The Kier molecular flexibility index (Phi) is 4.66. The highest BCUT2D eigenvalue weighted by Gasteiger charge is 2.38. The highest BCUT2D eigenvalue weighted by molar-refractivity contribution is 5.97. The normalized spacial score (nSPS) is 22.2. The van der Waals surface area contributed by atoms with Gasteiger partial charge in [-0.05, 0) is 36.0 Å². The molecular weight excluding hydrogens is 300 g/mol. The minimum atomic E-state index is -0.222. The van der Waals surface area contributed by atoms with Crippen molar-refractivity contribution in [1.82, 2.24) is 4.90 Å². The Bertz CT molecular complexity index is 610. The predicted molar refractivity (Wildman–Crippen MR) is 95.8 cm³/mol. The average molecular weight is 328 g/mol. The molecule has 2 aliphatic rings. The van der Waals surface area contributed by atoms with E-state index < -0.39 is 0 Å². The Hall–Kier alpha value is -1.84. The lowest BCUT2D eigenvalue weighted by atomic mass is 9.87. The largest absolute Gasteiger partial charge is 0.339 e. The van der Waals surface area contributed by atoms with Crippen LogP contribution in [0.25, 0.3) is 0 Å². The minimum absolute atomic E-state index is 0.0349. The van der Waals surface area contributed by atoms with Gasteiger partial charge in [-0.3, -0.25) is 9.59 Å². The van der Waals surface area contributed by atoms with E-state index in [9.17, 15) is 9.59 Å². The number of likely N-dealkylation sites (tertiary alicyclic amines) is 1. The van der Waals surface area contributed by atoms with Crippen molar-refractivity contribution in [3.63, 3.8) is 0 Å². The number of amides is 2. The van der Waals surface area contributed by atoms with Crippen LogP contribution in [0.15, 0.2) is 24.3 Å². The van der Waals surface area contributed by atoms with Crippen LogP contribution in [0.4, 0.5) is 5.69 Å². The standard InChI is InChI=1S/C20H28N2O2/c1-20(2,3)15-8-10-16(11-9-15)21-19(24)14-12-18(23)22(13-14)17-6-4-5-7-17/h8-11,14,17H,4-7,12-13H2,1-3H3,(H,21,24)/t14-/m1/s1. The van der Waals surface area contributed by atoms with Gasteiger partial charge < -0.3 is 10.2 Å². The zero-order valence-corrected chi connectivity index (χ0v) is 15.0. The topological polar surface area (TPSA) is 49.4 Å². The number of benzene rings is 1. The Morgan fingerprint density at radius 1 is 1.12 bits per heavy atom. The molecule has 24 heavy (non-hydrogen) atoms. The van der Waals surface area contributed by atoms with Crippen LogP contribution >= 0.6 is 0 Å². The molecule has 130 valence electrons. The van der Waals surface area contributed by atoms with Gasteiger partial charge in [-0.15, -0.1) is 0 Å². The first kappa shape index (κ1) is 17.0. The van der Waals surface area contributed by atoms with E-state index in [1.54, 1.807) is 0 Å². The zero-order valence-electron chi connectivity index (χ0n) is 15.0. The number of rotatable bonds is 3. The van der Waals surface area contributed by atoms with Crippen LogP contribution in [0.3, 0.4) is 0 Å². The molecular formula is C20H28N2O2. The zero-order chi connectivity index (χ0) is 17.3. The van der Waals surface area contributed by atoms with Crippen molar-refractivity contribution < 1.29 is 9.59 Å². The van der Waals surface area contributed by atoms with Crippen molar-refractivity contribution >= 4 is 17.5 Å². The van der Waals surface area contributed by atoms with Crippen LogP contribution in [-0.2, 0) is 15.0 Å². The Morgan fingerprint density at radius 3 is 2.33 bits per heavy atom. The first-order chi connectivity index (χ1) is 11.3. The van der Waals surface area contributed by atoms with Gasteiger partial charge in [0.15, 0.2) is 0 Å². The number of hydrogen-bond acceptors (Lipinski definition) is 2. The first-order valence-corrected chi connectivity index (χ1v) is 9.05. The number of carbonyl (C=O) groups excluding carboxylic acids is 2. The van der Waals surface area contributed by atoms with Crippen LogP contribution < -0.4 is 5.32 Å². The minimum Gasteiger partial charge on any atom is -0.339 e. The molecule has 1 heterocycles. The first-order valence-electron chi connectivity index (χ1n) is 9.05. The summed E-state index contributed by atoms with van der Waals surface area (Å²) in [6, 6.07) is 8.37. The molecule has 1 aromatic rings. The molecule has 2 amide bonds. The third-order valence-corrected chi connectivity index (χ3v) is 5.31. The van der Waals surface area contributed by atoms with Gasteiger partial charge in [0.2, 0.25) is 11.8 Å². The van der Waals surface area contributed by atoms with Crippen molar-refractivity contribution in [2.45, 2.75) is 64.3 Å². The van der Waals surface area contributed by atoms with Crippen LogP contribution in [0, 0.1) is 5.92 Å². The summed E-state index contributed by atoms with van der Waals surface area (Å²) < 4.78 is 0.